The fourth-order valence-corrected chi connectivity index (χ4v) is 3.59. The van der Waals surface area contributed by atoms with E-state index in [1.165, 1.54) is 31.4 Å². The lowest BCUT2D eigenvalue weighted by Crippen LogP contribution is -2.30. The predicted octanol–water partition coefficient (Wildman–Crippen LogP) is 4.05. The molecule has 4 atom stereocenters. The van der Waals surface area contributed by atoms with Crippen LogP contribution in [-0.2, 0) is 23.7 Å². The van der Waals surface area contributed by atoms with Crippen LogP contribution in [0, 0.1) is 11.7 Å². The Hall–Kier alpha value is -2.55. The topological polar surface area (TPSA) is 80.3 Å². The van der Waals surface area contributed by atoms with Gasteiger partial charge in [-0.3, -0.25) is 4.79 Å². The lowest BCUT2D eigenvalue weighted by Gasteiger charge is -2.20. The van der Waals surface area contributed by atoms with Crippen molar-refractivity contribution in [3.05, 3.63) is 47.3 Å². The largest absolute Gasteiger partial charge is 0.467 e. The number of esters is 1. The van der Waals surface area contributed by atoms with Crippen LogP contribution in [0.4, 0.5) is 4.39 Å². The second-order valence-corrected chi connectivity index (χ2v) is 8.35. The molecule has 0 amide bonds. The van der Waals surface area contributed by atoms with Crippen LogP contribution in [0.25, 0.3) is 6.08 Å². The number of ketones is 1. The maximum atomic E-state index is 14.8. The Balaban J connectivity index is 2.06. The van der Waals surface area contributed by atoms with Crippen molar-refractivity contribution in [1.29, 1.82) is 0 Å². The number of methoxy groups -OCH3 is 1. The van der Waals surface area contributed by atoms with Gasteiger partial charge in [0.1, 0.15) is 29.3 Å². The van der Waals surface area contributed by atoms with Crippen LogP contribution < -0.4 is 4.74 Å². The van der Waals surface area contributed by atoms with Crippen molar-refractivity contribution >= 4 is 17.8 Å². The zero-order valence-electron chi connectivity index (χ0n) is 18.9. The van der Waals surface area contributed by atoms with E-state index in [0.717, 1.165) is 0 Å². The van der Waals surface area contributed by atoms with Crippen LogP contribution >= 0.6 is 0 Å². The molecule has 1 fully saturated rings. The zero-order chi connectivity index (χ0) is 23.5. The van der Waals surface area contributed by atoms with Crippen LogP contribution in [0.3, 0.4) is 0 Å². The number of benzene rings is 1. The van der Waals surface area contributed by atoms with Crippen molar-refractivity contribution in [1.82, 2.24) is 0 Å². The van der Waals surface area contributed by atoms with Crippen molar-refractivity contribution in [2.24, 2.45) is 5.92 Å². The fourth-order valence-electron chi connectivity index (χ4n) is 3.59. The third-order valence-electron chi connectivity index (χ3n) is 5.40. The maximum Gasteiger partial charge on any atom is 0.342 e. The summed E-state index contributed by atoms with van der Waals surface area (Å²) in [4.78, 5) is 25.8. The summed E-state index contributed by atoms with van der Waals surface area (Å²) in [6.07, 6.45) is 4.56. The van der Waals surface area contributed by atoms with Crippen LogP contribution in [0.5, 0.6) is 5.75 Å². The standard InChI is InChI=1S/C24H29FO7/c1-14-9-11-18(26)22-20(31-24(3,4)32-22)8-6-7-16-17(25)10-12-19(29-13-28-5)21(16)23(27)30-15(14)2/h6-7,9-12,14-15,20,22H,8,13H2,1-5H3/b7-6+,11-9-/t14-,15+,20+,22-/m1/s1. The normalized spacial score (nSPS) is 29.9. The average molecular weight is 448 g/mol. The quantitative estimate of drug-likeness (QED) is 0.510. The van der Waals surface area contributed by atoms with Gasteiger partial charge in [-0.15, -0.1) is 0 Å². The van der Waals surface area contributed by atoms with Gasteiger partial charge in [0.15, 0.2) is 18.4 Å². The van der Waals surface area contributed by atoms with Gasteiger partial charge < -0.3 is 23.7 Å². The summed E-state index contributed by atoms with van der Waals surface area (Å²) in [5.41, 5.74) is -0.00737. The molecule has 174 valence electrons. The van der Waals surface area contributed by atoms with Crippen LogP contribution in [0.1, 0.15) is 50.0 Å². The highest BCUT2D eigenvalue weighted by molar-refractivity contribution is 5.97. The Morgan fingerprint density at radius 3 is 2.62 bits per heavy atom. The molecule has 0 bridgehead atoms. The number of carbonyl (C=O) groups is 2. The highest BCUT2D eigenvalue weighted by Gasteiger charge is 2.43. The first-order valence-electron chi connectivity index (χ1n) is 10.5. The van der Waals surface area contributed by atoms with Gasteiger partial charge in [0.25, 0.3) is 0 Å². The smallest absolute Gasteiger partial charge is 0.342 e. The second-order valence-electron chi connectivity index (χ2n) is 8.35. The molecule has 0 radical (unpaired) electrons. The monoisotopic (exact) mass is 448 g/mol. The van der Waals surface area contributed by atoms with E-state index in [0.29, 0.717) is 0 Å². The molecule has 0 N–H and O–H groups in total. The van der Waals surface area contributed by atoms with Crippen molar-refractivity contribution in [3.8, 4) is 5.75 Å². The molecule has 2 aliphatic rings. The Morgan fingerprint density at radius 1 is 1.16 bits per heavy atom. The first kappa shape index (κ1) is 24.1. The van der Waals surface area contributed by atoms with E-state index in [1.807, 2.05) is 6.92 Å². The minimum Gasteiger partial charge on any atom is -0.467 e. The van der Waals surface area contributed by atoms with E-state index in [-0.39, 0.29) is 41.8 Å². The number of halogens is 1. The molecule has 7 nitrogen and oxygen atoms in total. The molecular weight excluding hydrogens is 419 g/mol. The summed E-state index contributed by atoms with van der Waals surface area (Å²) < 4.78 is 42.5. The molecule has 0 aromatic heterocycles. The molecule has 0 aliphatic carbocycles. The summed E-state index contributed by atoms with van der Waals surface area (Å²) >= 11 is 0. The molecule has 2 aliphatic heterocycles. The van der Waals surface area contributed by atoms with Gasteiger partial charge in [0, 0.05) is 18.6 Å². The van der Waals surface area contributed by atoms with E-state index in [1.54, 1.807) is 32.9 Å². The Kier molecular flexibility index (Phi) is 7.48. The predicted molar refractivity (Wildman–Crippen MR) is 115 cm³/mol. The number of fused-ring (bicyclic) bond motifs is 2. The zero-order valence-corrected chi connectivity index (χ0v) is 18.9. The first-order valence-corrected chi connectivity index (χ1v) is 10.5. The van der Waals surface area contributed by atoms with Crippen LogP contribution in [0.2, 0.25) is 0 Å². The Bertz CT molecular complexity index is 921. The van der Waals surface area contributed by atoms with Crippen molar-refractivity contribution in [2.45, 2.75) is 58.2 Å². The summed E-state index contributed by atoms with van der Waals surface area (Å²) in [6, 6.07) is 2.58. The number of hydrogen-bond donors (Lipinski definition) is 0. The molecule has 1 aromatic rings. The minimum absolute atomic E-state index is 0.0251. The minimum atomic E-state index is -0.928. The number of ether oxygens (including phenoxy) is 5. The summed E-state index contributed by atoms with van der Waals surface area (Å²) in [5, 5.41) is 0. The van der Waals surface area contributed by atoms with E-state index in [9.17, 15) is 14.0 Å². The van der Waals surface area contributed by atoms with Gasteiger partial charge in [-0.2, -0.15) is 0 Å². The number of carbonyl (C=O) groups excluding carboxylic acids is 2. The highest BCUT2D eigenvalue weighted by Crippen LogP contribution is 2.33. The third-order valence-corrected chi connectivity index (χ3v) is 5.40. The third kappa shape index (κ3) is 5.43. The first-order chi connectivity index (χ1) is 15.1. The van der Waals surface area contributed by atoms with Gasteiger partial charge in [-0.25, -0.2) is 9.18 Å². The van der Waals surface area contributed by atoms with Gasteiger partial charge >= 0.3 is 5.97 Å². The number of hydrogen-bond acceptors (Lipinski definition) is 7. The molecule has 8 heteroatoms. The molecule has 0 saturated carbocycles. The van der Waals surface area contributed by atoms with Gasteiger partial charge in [0.2, 0.25) is 0 Å². The summed E-state index contributed by atoms with van der Waals surface area (Å²) in [6.45, 7) is 6.88. The van der Waals surface area contributed by atoms with Gasteiger partial charge in [-0.1, -0.05) is 25.2 Å². The second kappa shape index (κ2) is 9.94. The van der Waals surface area contributed by atoms with Crippen molar-refractivity contribution in [2.75, 3.05) is 13.9 Å². The molecule has 0 unspecified atom stereocenters. The Morgan fingerprint density at radius 2 is 1.91 bits per heavy atom. The molecule has 1 aromatic carbocycles. The van der Waals surface area contributed by atoms with Crippen molar-refractivity contribution in [3.63, 3.8) is 0 Å². The van der Waals surface area contributed by atoms with Crippen LogP contribution in [0.15, 0.2) is 30.4 Å². The van der Waals surface area contributed by atoms with Crippen molar-refractivity contribution < 1.29 is 37.7 Å². The number of rotatable bonds is 3. The SMILES string of the molecule is COCOc1ccc(F)c2c1C(=O)O[C@@H](C)[C@H](C)/C=C\C(=O)[C@H]1OC(C)(C)O[C@H]1C/C=C/2. The van der Waals surface area contributed by atoms with Gasteiger partial charge in [0.05, 0.1) is 6.10 Å². The van der Waals surface area contributed by atoms with Crippen LogP contribution in [-0.4, -0.2) is 49.8 Å². The van der Waals surface area contributed by atoms with E-state index in [2.05, 4.69) is 0 Å². The lowest BCUT2D eigenvalue weighted by molar-refractivity contribution is -0.152. The lowest BCUT2D eigenvalue weighted by atomic mass is 9.99. The van der Waals surface area contributed by atoms with E-state index < -0.39 is 35.9 Å². The molecule has 1 saturated heterocycles. The molecule has 3 rings (SSSR count). The maximum absolute atomic E-state index is 14.8. The Labute approximate surface area is 187 Å². The number of cyclic esters (lactones) is 1. The summed E-state index contributed by atoms with van der Waals surface area (Å²) in [7, 11) is 1.44. The van der Waals surface area contributed by atoms with E-state index in [4.69, 9.17) is 23.7 Å². The summed E-state index contributed by atoms with van der Waals surface area (Å²) in [5.74, 6) is -2.64. The van der Waals surface area contributed by atoms with E-state index >= 15 is 0 Å². The van der Waals surface area contributed by atoms with Gasteiger partial charge in [-0.05, 0) is 45.4 Å². The molecule has 0 spiro atoms. The highest BCUT2D eigenvalue weighted by atomic mass is 19.1. The average Bonchev–Trinajstić information content (AvgIpc) is 3.05. The molecule has 2 heterocycles. The molecular formula is C24H29FO7. The fraction of sp³-hybridized carbons (Fsp3) is 0.500. The molecule has 32 heavy (non-hydrogen) atoms.